The molecule has 86 valence electrons. The topological polar surface area (TPSA) is 26.1 Å². The maximum atomic E-state index is 11.9. The van der Waals surface area contributed by atoms with Crippen molar-refractivity contribution in [1.82, 2.24) is 0 Å². The Labute approximate surface area is 113 Å². The molecule has 0 unspecified atom stereocenters. The lowest BCUT2D eigenvalue weighted by Crippen LogP contribution is -1.99. The zero-order chi connectivity index (χ0) is 12.3. The van der Waals surface area contributed by atoms with Crippen LogP contribution in [0.1, 0.15) is 5.56 Å². The highest BCUT2D eigenvalue weighted by molar-refractivity contribution is 9.10. The van der Waals surface area contributed by atoms with Gasteiger partial charge >= 0.3 is 0 Å². The van der Waals surface area contributed by atoms with Crippen LogP contribution in [0.4, 0.5) is 5.69 Å². The van der Waals surface area contributed by atoms with Crippen LogP contribution in [0.2, 0.25) is 5.02 Å². The normalized spacial score (nSPS) is 11.5. The quantitative estimate of drug-likeness (QED) is 0.350. The van der Waals surface area contributed by atoms with Crippen LogP contribution in [0.25, 0.3) is 0 Å². The van der Waals surface area contributed by atoms with E-state index in [1.165, 1.54) is 6.21 Å². The molecule has 0 saturated heterocycles. The van der Waals surface area contributed by atoms with Gasteiger partial charge in [0.15, 0.2) is 6.21 Å². The van der Waals surface area contributed by atoms with Gasteiger partial charge in [-0.1, -0.05) is 45.7 Å². The number of nitrogens with zero attached hydrogens (tertiary/aromatic N) is 1. The van der Waals surface area contributed by atoms with E-state index in [-0.39, 0.29) is 0 Å². The molecule has 0 radical (unpaired) electrons. The van der Waals surface area contributed by atoms with Crippen molar-refractivity contribution >= 4 is 39.4 Å². The molecule has 2 rings (SSSR count). The number of rotatable bonds is 2. The predicted molar refractivity (Wildman–Crippen MR) is 74.0 cm³/mol. The van der Waals surface area contributed by atoms with Crippen LogP contribution in [0.3, 0.4) is 0 Å². The van der Waals surface area contributed by atoms with E-state index in [1.807, 2.05) is 30.3 Å². The summed E-state index contributed by atoms with van der Waals surface area (Å²) in [5.74, 6) is 0. The second-order valence-electron chi connectivity index (χ2n) is 3.46. The van der Waals surface area contributed by atoms with Crippen LogP contribution in [0.15, 0.2) is 53.0 Å². The summed E-state index contributed by atoms with van der Waals surface area (Å²) in [5, 5.41) is 12.3. The minimum atomic E-state index is 0.418. The Bertz CT molecular complexity index is 555. The third-order valence-corrected chi connectivity index (χ3v) is 3.01. The first-order valence-electron chi connectivity index (χ1n) is 4.98. The van der Waals surface area contributed by atoms with E-state index in [9.17, 15) is 5.21 Å². The average molecular weight is 311 g/mol. The first-order valence-corrected chi connectivity index (χ1v) is 6.15. The van der Waals surface area contributed by atoms with Crippen LogP contribution < -0.4 is 0 Å². The third kappa shape index (κ3) is 3.08. The lowest BCUT2D eigenvalue weighted by atomic mass is 10.2. The van der Waals surface area contributed by atoms with Crippen molar-refractivity contribution in [2.75, 3.05) is 0 Å². The fourth-order valence-electron chi connectivity index (χ4n) is 1.40. The van der Waals surface area contributed by atoms with Gasteiger partial charge in [-0.25, -0.2) is 0 Å². The lowest BCUT2D eigenvalue weighted by Gasteiger charge is -2.05. The van der Waals surface area contributed by atoms with Crippen LogP contribution in [-0.4, -0.2) is 11.0 Å². The summed E-state index contributed by atoms with van der Waals surface area (Å²) in [6, 6.07) is 14.5. The lowest BCUT2D eigenvalue weighted by molar-refractivity contribution is -0.354. The van der Waals surface area contributed by atoms with Crippen LogP contribution in [0, 0.1) is 5.21 Å². The third-order valence-electron chi connectivity index (χ3n) is 2.21. The number of hydrogen-bond acceptors (Lipinski definition) is 1. The highest BCUT2D eigenvalue weighted by Gasteiger charge is 2.08. The molecule has 2 nitrogen and oxygen atoms in total. The van der Waals surface area contributed by atoms with Gasteiger partial charge in [0, 0.05) is 16.1 Å². The molecule has 0 fully saturated rings. The Morgan fingerprint density at radius 1 is 1.12 bits per heavy atom. The monoisotopic (exact) mass is 309 g/mol. The van der Waals surface area contributed by atoms with Gasteiger partial charge in [-0.3, -0.25) is 0 Å². The molecular weight excluding hydrogens is 302 g/mol. The molecule has 0 atom stereocenters. The van der Waals surface area contributed by atoms with E-state index in [2.05, 4.69) is 15.9 Å². The van der Waals surface area contributed by atoms with E-state index in [1.54, 1.807) is 18.2 Å². The minimum Gasteiger partial charge on any atom is -0.618 e. The SMILES string of the molecule is [O-][N+](=Cc1ccccc1)c1ccc(Br)cc1Cl. The first kappa shape index (κ1) is 12.1. The number of halogens is 2. The standard InChI is InChI=1S/C13H9BrClNO/c14-11-6-7-13(12(15)8-11)16(17)9-10-4-2-1-3-5-10/h1-9H. The molecule has 4 heteroatoms. The fraction of sp³-hybridized carbons (Fsp3) is 0. The van der Waals surface area contributed by atoms with Crippen molar-refractivity contribution in [1.29, 1.82) is 0 Å². The highest BCUT2D eigenvalue weighted by Crippen LogP contribution is 2.27. The Kier molecular flexibility index (Phi) is 3.82. The molecule has 17 heavy (non-hydrogen) atoms. The van der Waals surface area contributed by atoms with E-state index in [0.717, 1.165) is 14.8 Å². The summed E-state index contributed by atoms with van der Waals surface area (Å²) in [6.45, 7) is 0. The van der Waals surface area contributed by atoms with E-state index in [4.69, 9.17) is 11.6 Å². The molecule has 0 aromatic heterocycles. The van der Waals surface area contributed by atoms with E-state index < -0.39 is 0 Å². The molecule has 2 aromatic carbocycles. The largest absolute Gasteiger partial charge is 0.618 e. The van der Waals surface area contributed by atoms with Crippen LogP contribution >= 0.6 is 27.5 Å². The maximum absolute atomic E-state index is 11.9. The minimum absolute atomic E-state index is 0.418. The Morgan fingerprint density at radius 2 is 1.82 bits per heavy atom. The molecular formula is C13H9BrClNO. The van der Waals surface area contributed by atoms with Gasteiger partial charge in [-0.15, -0.1) is 0 Å². The van der Waals surface area contributed by atoms with Gasteiger partial charge < -0.3 is 5.21 Å². The van der Waals surface area contributed by atoms with Crippen molar-refractivity contribution in [3.05, 3.63) is 68.8 Å². The van der Waals surface area contributed by atoms with Gasteiger partial charge in [0.25, 0.3) is 0 Å². The van der Waals surface area contributed by atoms with E-state index in [0.29, 0.717) is 10.7 Å². The summed E-state index contributed by atoms with van der Waals surface area (Å²) in [6.07, 6.45) is 1.50. The molecule has 0 amide bonds. The summed E-state index contributed by atoms with van der Waals surface area (Å²) in [4.78, 5) is 0. The number of hydrogen-bond donors (Lipinski definition) is 0. The Morgan fingerprint density at radius 3 is 2.47 bits per heavy atom. The maximum Gasteiger partial charge on any atom is 0.235 e. The van der Waals surface area contributed by atoms with Crippen molar-refractivity contribution in [2.45, 2.75) is 0 Å². The Balaban J connectivity index is 2.37. The molecule has 0 aliphatic rings. The Hall–Kier alpha value is -1.32. The molecule has 0 aliphatic carbocycles. The summed E-state index contributed by atoms with van der Waals surface area (Å²) in [7, 11) is 0. The first-order chi connectivity index (χ1) is 8.16. The molecule has 0 aliphatic heterocycles. The van der Waals surface area contributed by atoms with Gasteiger partial charge in [0.1, 0.15) is 5.02 Å². The summed E-state index contributed by atoms with van der Waals surface area (Å²) >= 11 is 9.30. The summed E-state index contributed by atoms with van der Waals surface area (Å²) in [5.41, 5.74) is 1.26. The molecule has 2 aromatic rings. The predicted octanol–water partition coefficient (Wildman–Crippen LogP) is 4.36. The zero-order valence-electron chi connectivity index (χ0n) is 8.81. The smallest absolute Gasteiger partial charge is 0.235 e. The fourth-order valence-corrected chi connectivity index (χ4v) is 2.16. The molecule has 0 saturated carbocycles. The van der Waals surface area contributed by atoms with Crippen molar-refractivity contribution in [3.63, 3.8) is 0 Å². The summed E-state index contributed by atoms with van der Waals surface area (Å²) < 4.78 is 1.61. The second-order valence-corrected chi connectivity index (χ2v) is 4.78. The van der Waals surface area contributed by atoms with Crippen molar-refractivity contribution < 1.29 is 4.74 Å². The second kappa shape index (κ2) is 5.34. The van der Waals surface area contributed by atoms with Gasteiger partial charge in [0.2, 0.25) is 5.69 Å². The molecule has 0 bridgehead atoms. The number of benzene rings is 2. The van der Waals surface area contributed by atoms with Gasteiger partial charge in [0.05, 0.1) is 0 Å². The van der Waals surface area contributed by atoms with Crippen molar-refractivity contribution in [2.24, 2.45) is 0 Å². The van der Waals surface area contributed by atoms with Crippen LogP contribution in [0.5, 0.6) is 0 Å². The average Bonchev–Trinajstić information content (AvgIpc) is 2.30. The van der Waals surface area contributed by atoms with Crippen molar-refractivity contribution in [3.8, 4) is 0 Å². The zero-order valence-corrected chi connectivity index (χ0v) is 11.1. The molecule has 0 heterocycles. The van der Waals surface area contributed by atoms with E-state index >= 15 is 0 Å². The molecule has 0 spiro atoms. The van der Waals surface area contributed by atoms with Crippen LogP contribution in [-0.2, 0) is 0 Å². The van der Waals surface area contributed by atoms with Gasteiger partial charge in [-0.05, 0) is 24.3 Å². The highest BCUT2D eigenvalue weighted by atomic mass is 79.9. The van der Waals surface area contributed by atoms with Gasteiger partial charge in [-0.2, -0.15) is 4.74 Å². The molecule has 0 N–H and O–H groups in total.